The van der Waals surface area contributed by atoms with Crippen LogP contribution in [0.1, 0.15) is 11.1 Å². The maximum absolute atomic E-state index is 3.79. The molecule has 1 heteroatoms. The molecule has 0 amide bonds. The molecule has 72 valence electrons. The van der Waals surface area contributed by atoms with Crippen LogP contribution in [0.5, 0.6) is 0 Å². The lowest BCUT2D eigenvalue weighted by Gasteiger charge is -2.16. The van der Waals surface area contributed by atoms with Gasteiger partial charge in [0.1, 0.15) is 0 Å². The fourth-order valence-electron chi connectivity index (χ4n) is 1.38. The van der Waals surface area contributed by atoms with E-state index in [0.29, 0.717) is 0 Å². The van der Waals surface area contributed by atoms with Gasteiger partial charge in [0.15, 0.2) is 0 Å². The van der Waals surface area contributed by atoms with Crippen LogP contribution in [0.2, 0.25) is 0 Å². The average Bonchev–Trinajstić information content (AvgIpc) is 2.19. The summed E-state index contributed by atoms with van der Waals surface area (Å²) in [6, 6.07) is 8.08. The second kappa shape index (κ2) is 4.50. The zero-order valence-corrected chi connectivity index (χ0v) is 8.75. The quantitative estimate of drug-likeness (QED) is 0.654. The summed E-state index contributed by atoms with van der Waals surface area (Å²) in [6.45, 7) is 7.48. The molecule has 1 nitrogen and oxygen atoms in total. The predicted molar refractivity (Wildman–Crippen MR) is 62.8 cm³/mol. The fraction of sp³-hybridized carbons (Fsp3) is 0.154. The number of benzene rings is 1. The Bertz CT molecular complexity index is 382. The standard InChI is InChI=1S/C13H15N/c1-5-11-9-7-8-10-12(11)13(6-2)14(3)4/h5,7-10H,1-2H2,3-4H3. The van der Waals surface area contributed by atoms with E-state index in [1.165, 1.54) is 0 Å². The summed E-state index contributed by atoms with van der Waals surface area (Å²) in [5, 5.41) is 0. The highest BCUT2D eigenvalue weighted by atomic mass is 15.1. The fourth-order valence-corrected chi connectivity index (χ4v) is 1.38. The van der Waals surface area contributed by atoms with Gasteiger partial charge < -0.3 is 4.90 Å². The van der Waals surface area contributed by atoms with E-state index in [9.17, 15) is 0 Å². The van der Waals surface area contributed by atoms with Gasteiger partial charge in [0.2, 0.25) is 0 Å². The summed E-state index contributed by atoms with van der Waals surface area (Å²) in [5.74, 6) is 0. The summed E-state index contributed by atoms with van der Waals surface area (Å²) < 4.78 is 0. The Kier molecular flexibility index (Phi) is 3.33. The van der Waals surface area contributed by atoms with Crippen LogP contribution >= 0.6 is 0 Å². The van der Waals surface area contributed by atoms with Crippen LogP contribution in [0, 0.1) is 0 Å². The molecule has 14 heavy (non-hydrogen) atoms. The Morgan fingerprint density at radius 1 is 1.36 bits per heavy atom. The van der Waals surface area contributed by atoms with Gasteiger partial charge in [-0.1, -0.05) is 43.5 Å². The molecule has 0 aromatic heterocycles. The summed E-state index contributed by atoms with van der Waals surface area (Å²) in [7, 11) is 3.96. The summed E-state index contributed by atoms with van der Waals surface area (Å²) >= 11 is 0. The largest absolute Gasteiger partial charge is 0.371 e. The van der Waals surface area contributed by atoms with Crippen molar-refractivity contribution in [3.63, 3.8) is 0 Å². The first-order valence-corrected chi connectivity index (χ1v) is 4.50. The van der Waals surface area contributed by atoms with Gasteiger partial charge in [-0.3, -0.25) is 0 Å². The molecule has 0 N–H and O–H groups in total. The number of nitrogens with zero attached hydrogens (tertiary/aromatic N) is 1. The normalized spacial score (nSPS) is 9.00. The number of hydrogen-bond donors (Lipinski definition) is 0. The molecule has 0 unspecified atom stereocenters. The summed E-state index contributed by atoms with van der Waals surface area (Å²) in [5.41, 5.74) is 6.14. The van der Waals surface area contributed by atoms with Crippen LogP contribution in [-0.4, -0.2) is 19.0 Å². The monoisotopic (exact) mass is 185 g/mol. The Balaban J connectivity index is 3.30. The Morgan fingerprint density at radius 2 is 2.00 bits per heavy atom. The third-order valence-corrected chi connectivity index (χ3v) is 2.05. The van der Waals surface area contributed by atoms with Crippen LogP contribution in [0.15, 0.2) is 43.2 Å². The topological polar surface area (TPSA) is 3.24 Å². The van der Waals surface area contributed by atoms with Crippen LogP contribution in [0.25, 0.3) is 11.8 Å². The minimum Gasteiger partial charge on any atom is -0.371 e. The molecule has 1 aromatic carbocycles. The number of rotatable bonds is 3. The smallest absolute Gasteiger partial charge is 0.0868 e. The van der Waals surface area contributed by atoms with Crippen molar-refractivity contribution in [2.45, 2.75) is 0 Å². The van der Waals surface area contributed by atoms with E-state index in [-0.39, 0.29) is 0 Å². The lowest BCUT2D eigenvalue weighted by atomic mass is 10.0. The number of hydrogen-bond acceptors (Lipinski definition) is 1. The molecule has 0 aliphatic rings. The molecule has 0 atom stereocenters. The molecule has 0 saturated heterocycles. The van der Waals surface area contributed by atoms with Crippen LogP contribution in [-0.2, 0) is 0 Å². The predicted octanol–water partition coefficient (Wildman–Crippen LogP) is 3.02. The van der Waals surface area contributed by atoms with Crippen molar-refractivity contribution in [2.75, 3.05) is 14.1 Å². The van der Waals surface area contributed by atoms with Gasteiger partial charge >= 0.3 is 0 Å². The minimum absolute atomic E-state index is 0.987. The van der Waals surface area contributed by atoms with Crippen molar-refractivity contribution >= 4 is 11.8 Å². The first-order chi connectivity index (χ1) is 6.70. The molecular weight excluding hydrogens is 170 g/mol. The highest BCUT2D eigenvalue weighted by Gasteiger charge is 2.05. The summed E-state index contributed by atoms with van der Waals surface area (Å²) in [6.07, 6.45) is 1.84. The first kappa shape index (κ1) is 10.4. The van der Waals surface area contributed by atoms with E-state index in [0.717, 1.165) is 16.8 Å². The molecule has 0 aliphatic carbocycles. The van der Waals surface area contributed by atoms with E-state index in [1.54, 1.807) is 0 Å². The SMILES string of the molecule is C=C=C(c1ccccc1C=C)N(C)C. The molecule has 0 saturated carbocycles. The van der Waals surface area contributed by atoms with Gasteiger partial charge in [0.25, 0.3) is 0 Å². The van der Waals surface area contributed by atoms with Crippen molar-refractivity contribution in [3.05, 3.63) is 54.3 Å². The Labute approximate surface area is 85.7 Å². The van der Waals surface area contributed by atoms with Crippen LogP contribution in [0.3, 0.4) is 0 Å². The van der Waals surface area contributed by atoms with Crippen molar-refractivity contribution in [2.24, 2.45) is 0 Å². The van der Waals surface area contributed by atoms with Crippen molar-refractivity contribution in [1.82, 2.24) is 4.90 Å². The molecule has 1 rings (SSSR count). The van der Waals surface area contributed by atoms with Crippen LogP contribution < -0.4 is 0 Å². The van der Waals surface area contributed by atoms with Gasteiger partial charge in [-0.2, -0.15) is 0 Å². The first-order valence-electron chi connectivity index (χ1n) is 4.50. The molecule has 0 fully saturated rings. The van der Waals surface area contributed by atoms with E-state index >= 15 is 0 Å². The average molecular weight is 185 g/mol. The van der Waals surface area contributed by atoms with Crippen LogP contribution in [0.4, 0.5) is 0 Å². The zero-order chi connectivity index (χ0) is 10.6. The maximum atomic E-state index is 3.79. The molecule has 1 aromatic rings. The minimum atomic E-state index is 0.987. The lowest BCUT2D eigenvalue weighted by Crippen LogP contribution is -2.09. The van der Waals surface area contributed by atoms with E-state index in [4.69, 9.17) is 0 Å². The van der Waals surface area contributed by atoms with Crippen molar-refractivity contribution < 1.29 is 0 Å². The Morgan fingerprint density at radius 3 is 2.50 bits per heavy atom. The maximum Gasteiger partial charge on any atom is 0.0868 e. The summed E-state index contributed by atoms with van der Waals surface area (Å²) in [4.78, 5) is 2.00. The highest BCUT2D eigenvalue weighted by Crippen LogP contribution is 2.20. The van der Waals surface area contributed by atoms with E-state index in [1.807, 2.05) is 49.3 Å². The third kappa shape index (κ3) is 1.95. The van der Waals surface area contributed by atoms with Gasteiger partial charge in [-0.05, 0) is 5.56 Å². The molecular formula is C13H15N. The van der Waals surface area contributed by atoms with Gasteiger partial charge in [0.05, 0.1) is 5.70 Å². The highest BCUT2D eigenvalue weighted by molar-refractivity contribution is 5.72. The Hall–Kier alpha value is -1.72. The molecule has 0 spiro atoms. The molecule has 0 radical (unpaired) electrons. The molecule has 0 bridgehead atoms. The zero-order valence-electron chi connectivity index (χ0n) is 8.75. The van der Waals surface area contributed by atoms with E-state index < -0.39 is 0 Å². The molecule has 0 heterocycles. The van der Waals surface area contributed by atoms with Gasteiger partial charge in [0, 0.05) is 19.7 Å². The lowest BCUT2D eigenvalue weighted by molar-refractivity contribution is 0.593. The van der Waals surface area contributed by atoms with Crippen molar-refractivity contribution in [3.8, 4) is 0 Å². The third-order valence-electron chi connectivity index (χ3n) is 2.05. The van der Waals surface area contributed by atoms with Gasteiger partial charge in [-0.25, -0.2) is 0 Å². The van der Waals surface area contributed by atoms with Crippen molar-refractivity contribution in [1.29, 1.82) is 0 Å². The second-order valence-corrected chi connectivity index (χ2v) is 3.21. The molecule has 0 aliphatic heterocycles. The second-order valence-electron chi connectivity index (χ2n) is 3.21. The van der Waals surface area contributed by atoms with Gasteiger partial charge in [-0.15, -0.1) is 5.73 Å². The van der Waals surface area contributed by atoms with E-state index in [2.05, 4.69) is 18.9 Å².